The van der Waals surface area contributed by atoms with E-state index < -0.39 is 18.0 Å². The molecule has 0 saturated carbocycles. The standard InChI is InChI=1S/C12H13FO3/c1-2-9(14)11(15)10-6-7-4-3-5-8(13)12(7)16-10/h3-6,9,11,14-15H,2H2,1H3. The van der Waals surface area contributed by atoms with Crippen molar-refractivity contribution < 1.29 is 19.0 Å². The normalized spacial score (nSPS) is 15.2. The van der Waals surface area contributed by atoms with E-state index in [1.165, 1.54) is 6.07 Å². The Labute approximate surface area is 92.1 Å². The van der Waals surface area contributed by atoms with Crippen LogP contribution in [0, 0.1) is 5.82 Å². The molecule has 0 bridgehead atoms. The number of fused-ring (bicyclic) bond motifs is 1. The molecule has 0 aliphatic carbocycles. The Morgan fingerprint density at radius 1 is 1.38 bits per heavy atom. The van der Waals surface area contributed by atoms with E-state index in [0.29, 0.717) is 11.8 Å². The molecule has 1 aromatic heterocycles. The number of hydrogen-bond acceptors (Lipinski definition) is 3. The lowest BCUT2D eigenvalue weighted by molar-refractivity contribution is 0.00455. The van der Waals surface area contributed by atoms with Crippen LogP contribution in [0.4, 0.5) is 4.39 Å². The second kappa shape index (κ2) is 4.23. The van der Waals surface area contributed by atoms with Gasteiger partial charge in [-0.25, -0.2) is 4.39 Å². The molecule has 4 heteroatoms. The smallest absolute Gasteiger partial charge is 0.170 e. The third kappa shape index (κ3) is 1.81. The fourth-order valence-electron chi connectivity index (χ4n) is 1.61. The van der Waals surface area contributed by atoms with E-state index in [1.54, 1.807) is 25.1 Å². The highest BCUT2D eigenvalue weighted by atomic mass is 19.1. The van der Waals surface area contributed by atoms with Gasteiger partial charge < -0.3 is 14.6 Å². The maximum Gasteiger partial charge on any atom is 0.170 e. The molecule has 2 atom stereocenters. The van der Waals surface area contributed by atoms with Crippen LogP contribution in [0.5, 0.6) is 0 Å². The van der Waals surface area contributed by atoms with Crippen molar-refractivity contribution in [3.05, 3.63) is 35.8 Å². The lowest BCUT2D eigenvalue weighted by Gasteiger charge is -2.12. The number of benzene rings is 1. The van der Waals surface area contributed by atoms with Gasteiger partial charge in [0.25, 0.3) is 0 Å². The molecule has 0 spiro atoms. The van der Waals surface area contributed by atoms with Crippen molar-refractivity contribution >= 4 is 11.0 Å². The highest BCUT2D eigenvalue weighted by molar-refractivity contribution is 5.78. The number of para-hydroxylation sites is 1. The van der Waals surface area contributed by atoms with E-state index >= 15 is 0 Å². The highest BCUT2D eigenvalue weighted by Crippen LogP contribution is 2.28. The molecule has 0 aliphatic rings. The quantitative estimate of drug-likeness (QED) is 0.841. The molecule has 16 heavy (non-hydrogen) atoms. The first-order valence-electron chi connectivity index (χ1n) is 5.17. The topological polar surface area (TPSA) is 53.6 Å². The van der Waals surface area contributed by atoms with Crippen LogP contribution in [-0.4, -0.2) is 16.3 Å². The highest BCUT2D eigenvalue weighted by Gasteiger charge is 2.21. The Kier molecular flexibility index (Phi) is 2.94. The first-order valence-corrected chi connectivity index (χ1v) is 5.17. The first-order chi connectivity index (χ1) is 7.63. The zero-order chi connectivity index (χ0) is 11.7. The number of aliphatic hydroxyl groups is 2. The van der Waals surface area contributed by atoms with Gasteiger partial charge in [0.15, 0.2) is 11.4 Å². The van der Waals surface area contributed by atoms with Gasteiger partial charge >= 0.3 is 0 Å². The monoisotopic (exact) mass is 224 g/mol. The second-order valence-corrected chi connectivity index (χ2v) is 3.73. The van der Waals surface area contributed by atoms with E-state index in [9.17, 15) is 14.6 Å². The summed E-state index contributed by atoms with van der Waals surface area (Å²) < 4.78 is 18.5. The van der Waals surface area contributed by atoms with E-state index in [1.807, 2.05) is 0 Å². The molecule has 3 nitrogen and oxygen atoms in total. The molecule has 0 radical (unpaired) electrons. The summed E-state index contributed by atoms with van der Waals surface area (Å²) >= 11 is 0. The lowest BCUT2D eigenvalue weighted by Crippen LogP contribution is -2.16. The predicted octanol–water partition coefficient (Wildman–Crippen LogP) is 2.38. The lowest BCUT2D eigenvalue weighted by atomic mass is 10.1. The van der Waals surface area contributed by atoms with E-state index in [4.69, 9.17) is 4.42 Å². The van der Waals surface area contributed by atoms with Gasteiger partial charge in [-0.15, -0.1) is 0 Å². The van der Waals surface area contributed by atoms with Crippen LogP contribution in [0.15, 0.2) is 28.7 Å². The molecular weight excluding hydrogens is 211 g/mol. The van der Waals surface area contributed by atoms with E-state index in [-0.39, 0.29) is 11.3 Å². The van der Waals surface area contributed by atoms with Gasteiger partial charge in [0, 0.05) is 5.39 Å². The Hall–Kier alpha value is -1.39. The van der Waals surface area contributed by atoms with Gasteiger partial charge in [-0.2, -0.15) is 0 Å². The van der Waals surface area contributed by atoms with Crippen molar-refractivity contribution in [3.8, 4) is 0 Å². The Morgan fingerprint density at radius 2 is 2.12 bits per heavy atom. The van der Waals surface area contributed by atoms with Gasteiger partial charge in [-0.3, -0.25) is 0 Å². The maximum atomic E-state index is 13.3. The SMILES string of the molecule is CCC(O)C(O)c1cc2cccc(F)c2o1. The molecule has 86 valence electrons. The van der Waals surface area contributed by atoms with Crippen molar-refractivity contribution in [2.24, 2.45) is 0 Å². The summed E-state index contributed by atoms with van der Waals surface area (Å²) in [6.07, 6.45) is -1.61. The number of rotatable bonds is 3. The number of halogens is 1. The van der Waals surface area contributed by atoms with Crippen LogP contribution in [0.1, 0.15) is 25.2 Å². The van der Waals surface area contributed by atoms with E-state index in [0.717, 1.165) is 0 Å². The average Bonchev–Trinajstić information content (AvgIpc) is 2.72. The molecule has 2 unspecified atom stereocenters. The number of hydrogen-bond donors (Lipinski definition) is 2. The van der Waals surface area contributed by atoms with Crippen LogP contribution < -0.4 is 0 Å². The summed E-state index contributed by atoms with van der Waals surface area (Å²) in [6, 6.07) is 6.09. The number of furan rings is 1. The zero-order valence-corrected chi connectivity index (χ0v) is 8.85. The Morgan fingerprint density at radius 3 is 2.75 bits per heavy atom. The third-order valence-electron chi connectivity index (χ3n) is 2.59. The number of aliphatic hydroxyl groups excluding tert-OH is 2. The Balaban J connectivity index is 2.43. The minimum Gasteiger partial charge on any atom is -0.455 e. The molecule has 2 rings (SSSR count). The molecule has 2 N–H and O–H groups in total. The second-order valence-electron chi connectivity index (χ2n) is 3.73. The molecule has 0 amide bonds. The van der Waals surface area contributed by atoms with Gasteiger partial charge in [0.05, 0.1) is 6.10 Å². The van der Waals surface area contributed by atoms with Crippen LogP contribution in [0.3, 0.4) is 0 Å². The minimum atomic E-state index is -1.11. The summed E-state index contributed by atoms with van der Waals surface area (Å²) in [5.41, 5.74) is 0.111. The summed E-state index contributed by atoms with van der Waals surface area (Å²) in [6.45, 7) is 1.75. The van der Waals surface area contributed by atoms with Crippen molar-refractivity contribution in [1.29, 1.82) is 0 Å². The minimum absolute atomic E-state index is 0.111. The zero-order valence-electron chi connectivity index (χ0n) is 8.85. The molecule has 2 aromatic rings. The first kappa shape index (κ1) is 11.1. The molecule has 0 fully saturated rings. The molecule has 1 aromatic carbocycles. The van der Waals surface area contributed by atoms with E-state index in [2.05, 4.69) is 0 Å². The fourth-order valence-corrected chi connectivity index (χ4v) is 1.61. The average molecular weight is 224 g/mol. The largest absolute Gasteiger partial charge is 0.455 e. The van der Waals surface area contributed by atoms with Crippen molar-refractivity contribution in [2.45, 2.75) is 25.6 Å². The molecule has 1 heterocycles. The van der Waals surface area contributed by atoms with Gasteiger partial charge in [0.2, 0.25) is 0 Å². The van der Waals surface area contributed by atoms with Crippen LogP contribution in [-0.2, 0) is 0 Å². The van der Waals surface area contributed by atoms with Crippen LogP contribution >= 0.6 is 0 Å². The summed E-state index contributed by atoms with van der Waals surface area (Å²) in [4.78, 5) is 0. The van der Waals surface area contributed by atoms with Crippen LogP contribution in [0.25, 0.3) is 11.0 Å². The summed E-state index contributed by atoms with van der Waals surface area (Å²) in [5, 5.41) is 19.8. The molecular formula is C12H13FO3. The van der Waals surface area contributed by atoms with Gasteiger partial charge in [-0.1, -0.05) is 19.1 Å². The van der Waals surface area contributed by atoms with Crippen molar-refractivity contribution in [1.82, 2.24) is 0 Å². The third-order valence-corrected chi connectivity index (χ3v) is 2.59. The van der Waals surface area contributed by atoms with Gasteiger partial charge in [0.1, 0.15) is 11.9 Å². The molecule has 0 saturated heterocycles. The summed E-state index contributed by atoms with van der Waals surface area (Å²) in [5.74, 6) is -0.281. The van der Waals surface area contributed by atoms with Gasteiger partial charge in [-0.05, 0) is 18.6 Å². The fraction of sp³-hybridized carbons (Fsp3) is 0.333. The summed E-state index contributed by atoms with van der Waals surface area (Å²) in [7, 11) is 0. The van der Waals surface area contributed by atoms with Crippen molar-refractivity contribution in [3.63, 3.8) is 0 Å². The molecule has 0 aliphatic heterocycles. The predicted molar refractivity (Wildman–Crippen MR) is 57.4 cm³/mol. The maximum absolute atomic E-state index is 13.3. The van der Waals surface area contributed by atoms with Crippen LogP contribution in [0.2, 0.25) is 0 Å². The van der Waals surface area contributed by atoms with Crippen molar-refractivity contribution in [2.75, 3.05) is 0 Å². The Bertz CT molecular complexity index is 492.